The number of nitrogens with one attached hydrogen (secondary N) is 2. The summed E-state index contributed by atoms with van der Waals surface area (Å²) in [5.74, 6) is 0.432. The molecule has 1 aromatic heterocycles. The van der Waals surface area contributed by atoms with Crippen LogP contribution in [0.3, 0.4) is 0 Å². The summed E-state index contributed by atoms with van der Waals surface area (Å²) in [6, 6.07) is 22.6. The highest BCUT2D eigenvalue weighted by Gasteiger charge is 2.29. The van der Waals surface area contributed by atoms with Crippen LogP contribution in [0.15, 0.2) is 77.6 Å². The number of rotatable bonds is 5. The number of pyridine rings is 1. The lowest BCUT2D eigenvalue weighted by Gasteiger charge is -2.34. The van der Waals surface area contributed by atoms with Crippen molar-refractivity contribution in [3.63, 3.8) is 0 Å². The van der Waals surface area contributed by atoms with E-state index in [0.717, 1.165) is 46.3 Å². The van der Waals surface area contributed by atoms with E-state index in [2.05, 4.69) is 10.3 Å². The van der Waals surface area contributed by atoms with Crippen molar-refractivity contribution < 1.29 is 9.53 Å². The van der Waals surface area contributed by atoms with Gasteiger partial charge >= 0.3 is 0 Å². The van der Waals surface area contributed by atoms with Crippen LogP contribution in [0.2, 0.25) is 5.02 Å². The number of carbonyl (C=O) groups is 1. The van der Waals surface area contributed by atoms with E-state index in [-0.39, 0.29) is 17.4 Å². The third-order valence-electron chi connectivity index (χ3n) is 6.48. The molecule has 1 aliphatic heterocycles. The average molecular weight is 488 g/mol. The fourth-order valence-electron chi connectivity index (χ4n) is 4.77. The van der Waals surface area contributed by atoms with E-state index in [4.69, 9.17) is 16.3 Å². The van der Waals surface area contributed by atoms with Crippen LogP contribution in [0.4, 0.5) is 11.4 Å². The van der Waals surface area contributed by atoms with Gasteiger partial charge in [-0.25, -0.2) is 0 Å². The largest absolute Gasteiger partial charge is 0.497 e. The molecule has 0 radical (unpaired) electrons. The Morgan fingerprint density at radius 3 is 2.60 bits per heavy atom. The first-order valence-corrected chi connectivity index (χ1v) is 12.0. The number of hydrogen-bond acceptors (Lipinski definition) is 4. The molecule has 7 heteroatoms. The lowest BCUT2D eigenvalue weighted by Crippen LogP contribution is -2.43. The van der Waals surface area contributed by atoms with Crippen LogP contribution in [-0.2, 0) is 4.79 Å². The Balaban J connectivity index is 1.50. The molecule has 35 heavy (non-hydrogen) atoms. The van der Waals surface area contributed by atoms with Gasteiger partial charge in [0.25, 0.3) is 5.56 Å². The second kappa shape index (κ2) is 9.84. The second-order valence-electron chi connectivity index (χ2n) is 8.74. The number of benzene rings is 3. The van der Waals surface area contributed by atoms with Crippen LogP contribution in [0.5, 0.6) is 5.75 Å². The normalized spacial score (nSPS) is 15.7. The molecule has 6 nitrogen and oxygen atoms in total. The van der Waals surface area contributed by atoms with Gasteiger partial charge in [-0.3, -0.25) is 9.59 Å². The molecule has 5 rings (SSSR count). The molecule has 1 aliphatic rings. The van der Waals surface area contributed by atoms with Gasteiger partial charge in [0.2, 0.25) is 5.91 Å². The minimum absolute atomic E-state index is 0.0543. The molecule has 0 saturated carbocycles. The van der Waals surface area contributed by atoms with E-state index >= 15 is 0 Å². The zero-order valence-electron chi connectivity index (χ0n) is 19.4. The Kier molecular flexibility index (Phi) is 6.47. The number of hydrogen-bond donors (Lipinski definition) is 2. The maximum Gasteiger partial charge on any atom is 0.272 e. The number of aromatic nitrogens is 1. The van der Waals surface area contributed by atoms with E-state index in [1.54, 1.807) is 13.2 Å². The Morgan fingerprint density at radius 2 is 1.86 bits per heavy atom. The summed E-state index contributed by atoms with van der Waals surface area (Å²) in [5.41, 5.74) is 3.63. The molecule has 0 aliphatic carbocycles. The highest BCUT2D eigenvalue weighted by Crippen LogP contribution is 2.37. The van der Waals surface area contributed by atoms with E-state index in [0.29, 0.717) is 23.8 Å². The van der Waals surface area contributed by atoms with Crippen molar-refractivity contribution in [1.82, 2.24) is 4.98 Å². The maximum atomic E-state index is 13.4. The van der Waals surface area contributed by atoms with Gasteiger partial charge in [-0.1, -0.05) is 41.9 Å². The zero-order valence-corrected chi connectivity index (χ0v) is 20.1. The Labute approximate surface area is 208 Å². The quantitative estimate of drug-likeness (QED) is 0.378. The molecule has 2 N–H and O–H groups in total. The number of nitrogens with zero attached hydrogens (tertiary/aromatic N) is 1. The van der Waals surface area contributed by atoms with Crippen molar-refractivity contribution in [3.05, 3.63) is 88.2 Å². The molecule has 0 bridgehead atoms. The van der Waals surface area contributed by atoms with Crippen molar-refractivity contribution in [2.75, 3.05) is 30.4 Å². The minimum atomic E-state index is -0.246. The smallest absolute Gasteiger partial charge is 0.272 e. The average Bonchev–Trinajstić information content (AvgIpc) is 2.89. The molecule has 4 aromatic rings. The fourth-order valence-corrected chi connectivity index (χ4v) is 4.94. The van der Waals surface area contributed by atoms with Crippen LogP contribution in [-0.4, -0.2) is 31.1 Å². The van der Waals surface area contributed by atoms with Gasteiger partial charge < -0.3 is 19.9 Å². The molecular formula is C28H26ClN3O3. The van der Waals surface area contributed by atoms with Crippen molar-refractivity contribution in [3.8, 4) is 16.9 Å². The molecule has 178 valence electrons. The van der Waals surface area contributed by atoms with Crippen LogP contribution in [0.25, 0.3) is 22.0 Å². The monoisotopic (exact) mass is 487 g/mol. The number of amides is 1. The number of carbonyl (C=O) groups excluding carboxylic acids is 1. The van der Waals surface area contributed by atoms with E-state index in [1.165, 1.54) is 0 Å². The fraction of sp³-hybridized carbons (Fsp3) is 0.214. The lowest BCUT2D eigenvalue weighted by molar-refractivity contribution is -0.120. The van der Waals surface area contributed by atoms with E-state index < -0.39 is 0 Å². The molecule has 1 unspecified atom stereocenters. The first kappa shape index (κ1) is 23.0. The van der Waals surface area contributed by atoms with E-state index in [9.17, 15) is 9.59 Å². The van der Waals surface area contributed by atoms with Crippen molar-refractivity contribution in [2.45, 2.75) is 12.8 Å². The van der Waals surface area contributed by atoms with Gasteiger partial charge in [-0.2, -0.15) is 0 Å². The molecule has 1 amide bonds. The number of methoxy groups -OCH3 is 1. The van der Waals surface area contributed by atoms with Crippen LogP contribution >= 0.6 is 11.6 Å². The minimum Gasteiger partial charge on any atom is -0.497 e. The van der Waals surface area contributed by atoms with Gasteiger partial charge in [0.05, 0.1) is 13.0 Å². The van der Waals surface area contributed by atoms with Crippen molar-refractivity contribution in [1.29, 1.82) is 0 Å². The van der Waals surface area contributed by atoms with Crippen LogP contribution in [0, 0.1) is 5.92 Å². The van der Waals surface area contributed by atoms with Crippen LogP contribution in [0.1, 0.15) is 12.8 Å². The Morgan fingerprint density at radius 1 is 1.09 bits per heavy atom. The highest BCUT2D eigenvalue weighted by molar-refractivity contribution is 6.31. The van der Waals surface area contributed by atoms with Crippen molar-refractivity contribution >= 4 is 39.8 Å². The molecule has 1 atom stereocenters. The number of H-pyrrole nitrogens is 1. The number of halogens is 1. The summed E-state index contributed by atoms with van der Waals surface area (Å²) in [7, 11) is 1.61. The molecule has 1 saturated heterocycles. The third-order valence-corrected chi connectivity index (χ3v) is 6.71. The topological polar surface area (TPSA) is 74.4 Å². The maximum absolute atomic E-state index is 13.4. The molecule has 3 aromatic carbocycles. The number of aromatic amines is 1. The van der Waals surface area contributed by atoms with Gasteiger partial charge in [0.15, 0.2) is 0 Å². The highest BCUT2D eigenvalue weighted by atomic mass is 35.5. The summed E-state index contributed by atoms with van der Waals surface area (Å²) in [4.78, 5) is 31.6. The Hall–Kier alpha value is -3.77. The summed E-state index contributed by atoms with van der Waals surface area (Å²) in [6.07, 6.45) is 1.57. The molecule has 0 spiro atoms. The van der Waals surface area contributed by atoms with Gasteiger partial charge in [-0.15, -0.1) is 0 Å². The predicted molar refractivity (Wildman–Crippen MR) is 142 cm³/mol. The van der Waals surface area contributed by atoms with Gasteiger partial charge in [-0.05, 0) is 60.9 Å². The second-order valence-corrected chi connectivity index (χ2v) is 9.17. The van der Waals surface area contributed by atoms with E-state index in [1.807, 2.05) is 71.6 Å². The number of ether oxygens (including phenoxy) is 1. The first-order chi connectivity index (χ1) is 17.0. The van der Waals surface area contributed by atoms with Gasteiger partial charge in [0.1, 0.15) is 11.4 Å². The van der Waals surface area contributed by atoms with Crippen LogP contribution < -0.4 is 20.5 Å². The summed E-state index contributed by atoms with van der Waals surface area (Å²) in [6.45, 7) is 1.15. The number of anilines is 2. The summed E-state index contributed by atoms with van der Waals surface area (Å²) < 4.78 is 5.19. The lowest BCUT2D eigenvalue weighted by atomic mass is 9.93. The Bertz CT molecular complexity index is 1420. The first-order valence-electron chi connectivity index (χ1n) is 11.6. The zero-order chi connectivity index (χ0) is 24.4. The predicted octanol–water partition coefficient (Wildman–Crippen LogP) is 5.71. The SMILES string of the molecule is COc1ccc(NC(=O)C2CCCN(c3c(-c4ccccc4)c4cc(Cl)ccc4[nH]c3=O)C2)cc1. The van der Waals surface area contributed by atoms with Gasteiger partial charge in [0, 0.05) is 40.3 Å². The van der Waals surface area contributed by atoms with Crippen molar-refractivity contribution in [2.24, 2.45) is 5.92 Å². The standard InChI is InChI=1S/C28H26ClN3O3/c1-35-22-12-10-21(11-13-22)30-27(33)19-8-5-15-32(17-19)26-25(18-6-3-2-4-7-18)23-16-20(29)9-14-24(23)31-28(26)34/h2-4,6-7,9-14,16,19H,5,8,15,17H2,1H3,(H,30,33)(H,31,34). The summed E-state index contributed by atoms with van der Waals surface area (Å²) >= 11 is 6.35. The molecular weight excluding hydrogens is 462 g/mol. The third kappa shape index (κ3) is 4.75. The number of piperidine rings is 1. The summed E-state index contributed by atoms with van der Waals surface area (Å²) in [5, 5.41) is 4.49. The molecule has 1 fully saturated rings. The number of fused-ring (bicyclic) bond motifs is 1. The molecule has 2 heterocycles.